The van der Waals surface area contributed by atoms with Crippen molar-refractivity contribution in [2.75, 3.05) is 6.54 Å². The number of aliphatic imine (C=N–C) groups is 1. The van der Waals surface area contributed by atoms with Gasteiger partial charge in [0.1, 0.15) is 6.04 Å². The van der Waals surface area contributed by atoms with E-state index in [0.717, 1.165) is 0 Å². The Kier molecular flexibility index (Phi) is 4.07. The Morgan fingerprint density at radius 3 is 2.36 bits per heavy atom. The van der Waals surface area contributed by atoms with Crippen molar-refractivity contribution in [1.29, 1.82) is 0 Å². The number of carbonyl (C=O) groups excluding carboxylic acids is 1. The average molecular weight is 327 g/mol. The van der Waals surface area contributed by atoms with E-state index in [1.807, 2.05) is 0 Å². The summed E-state index contributed by atoms with van der Waals surface area (Å²) in [6, 6.07) is -1.07. The zero-order chi connectivity index (χ0) is 16.7. The van der Waals surface area contributed by atoms with Crippen LogP contribution in [0, 0.1) is 0 Å². The number of rotatable bonds is 2. The van der Waals surface area contributed by atoms with Crippen LogP contribution in [0.15, 0.2) is 27.9 Å². The Labute approximate surface area is 120 Å². The molecule has 1 aliphatic carbocycles. The third-order valence-electron chi connectivity index (χ3n) is 3.22. The van der Waals surface area contributed by atoms with E-state index in [1.165, 1.54) is 0 Å². The van der Waals surface area contributed by atoms with Crippen LogP contribution in [0.4, 0.5) is 26.3 Å². The van der Waals surface area contributed by atoms with Crippen molar-refractivity contribution in [2.45, 2.75) is 31.2 Å². The molecule has 0 aromatic heterocycles. The number of nitrogens with one attached hydrogen (secondary N) is 1. The second kappa shape index (κ2) is 5.41. The third kappa shape index (κ3) is 3.16. The monoisotopic (exact) mass is 327 g/mol. The van der Waals surface area contributed by atoms with Gasteiger partial charge < -0.3 is 11.1 Å². The van der Waals surface area contributed by atoms with Crippen LogP contribution in [-0.4, -0.2) is 36.6 Å². The largest absolute Gasteiger partial charge is 0.418 e. The topological polar surface area (TPSA) is 67.5 Å². The van der Waals surface area contributed by atoms with E-state index in [4.69, 9.17) is 5.73 Å². The lowest BCUT2D eigenvalue weighted by Gasteiger charge is -2.31. The van der Waals surface area contributed by atoms with E-state index in [0.29, 0.717) is 0 Å². The van der Waals surface area contributed by atoms with Gasteiger partial charge in [0.2, 0.25) is 0 Å². The maximum absolute atomic E-state index is 13.0. The maximum Gasteiger partial charge on any atom is 0.418 e. The summed E-state index contributed by atoms with van der Waals surface area (Å²) >= 11 is 0. The van der Waals surface area contributed by atoms with Gasteiger partial charge in [-0.15, -0.1) is 0 Å². The van der Waals surface area contributed by atoms with Crippen molar-refractivity contribution in [3.8, 4) is 0 Å². The SMILES string of the molecule is NCC[C@@H]1NC2=C(C(F)(F)F)C=C(C(F)(F)F)CC2=NC1=O. The molecule has 3 N–H and O–H groups in total. The predicted molar refractivity (Wildman–Crippen MR) is 64.9 cm³/mol. The van der Waals surface area contributed by atoms with E-state index >= 15 is 0 Å². The van der Waals surface area contributed by atoms with Crippen LogP contribution in [0.1, 0.15) is 12.8 Å². The number of carbonyl (C=O) groups is 1. The second-order valence-corrected chi connectivity index (χ2v) is 4.80. The number of alkyl halides is 6. The first kappa shape index (κ1) is 16.5. The van der Waals surface area contributed by atoms with Crippen LogP contribution in [0.3, 0.4) is 0 Å². The summed E-state index contributed by atoms with van der Waals surface area (Å²) in [5.74, 6) is -0.825. The molecule has 1 aliphatic heterocycles. The van der Waals surface area contributed by atoms with Gasteiger partial charge in [0, 0.05) is 12.0 Å². The molecule has 0 spiro atoms. The van der Waals surface area contributed by atoms with Crippen LogP contribution in [0.5, 0.6) is 0 Å². The number of allylic oxidation sites excluding steroid dienone is 4. The highest BCUT2D eigenvalue weighted by Gasteiger charge is 2.46. The molecule has 1 atom stereocenters. The van der Waals surface area contributed by atoms with Gasteiger partial charge >= 0.3 is 12.4 Å². The highest BCUT2D eigenvalue weighted by Crippen LogP contribution is 2.40. The van der Waals surface area contributed by atoms with E-state index < -0.39 is 53.3 Å². The maximum atomic E-state index is 13.0. The highest BCUT2D eigenvalue weighted by molar-refractivity contribution is 6.12. The van der Waals surface area contributed by atoms with Crippen LogP contribution >= 0.6 is 0 Å². The number of halogens is 6. The molecule has 4 nitrogen and oxygen atoms in total. The van der Waals surface area contributed by atoms with Crippen molar-refractivity contribution in [2.24, 2.45) is 10.7 Å². The quantitative estimate of drug-likeness (QED) is 0.762. The molecular formula is C12H11F6N3O. The Morgan fingerprint density at radius 2 is 1.86 bits per heavy atom. The van der Waals surface area contributed by atoms with Crippen molar-refractivity contribution < 1.29 is 31.1 Å². The molecule has 10 heteroatoms. The van der Waals surface area contributed by atoms with Crippen LogP contribution in [-0.2, 0) is 4.79 Å². The Bertz CT molecular complexity index is 585. The van der Waals surface area contributed by atoms with E-state index in [-0.39, 0.29) is 19.0 Å². The van der Waals surface area contributed by atoms with Gasteiger partial charge in [0.25, 0.3) is 5.91 Å². The second-order valence-electron chi connectivity index (χ2n) is 4.80. The van der Waals surface area contributed by atoms with Crippen molar-refractivity contribution >= 4 is 11.6 Å². The smallest absolute Gasteiger partial charge is 0.372 e. The first-order chi connectivity index (χ1) is 10.0. The van der Waals surface area contributed by atoms with E-state index in [1.54, 1.807) is 0 Å². The molecule has 0 radical (unpaired) electrons. The number of hydrogen-bond donors (Lipinski definition) is 2. The molecular weight excluding hydrogens is 316 g/mol. The molecule has 0 bridgehead atoms. The molecule has 22 heavy (non-hydrogen) atoms. The van der Waals surface area contributed by atoms with Gasteiger partial charge in [0.15, 0.2) is 0 Å². The molecule has 1 heterocycles. The summed E-state index contributed by atoms with van der Waals surface area (Å²) < 4.78 is 77.2. The normalized spacial score (nSPS) is 22.9. The molecule has 2 rings (SSSR count). The molecule has 0 saturated carbocycles. The lowest BCUT2D eigenvalue weighted by Crippen LogP contribution is -2.46. The zero-order valence-electron chi connectivity index (χ0n) is 11.0. The first-order valence-corrected chi connectivity index (χ1v) is 6.21. The minimum atomic E-state index is -5.01. The number of hydrogen-bond acceptors (Lipinski definition) is 3. The Hall–Kier alpha value is -1.84. The van der Waals surface area contributed by atoms with E-state index in [9.17, 15) is 31.1 Å². The van der Waals surface area contributed by atoms with Crippen molar-refractivity contribution in [1.82, 2.24) is 5.32 Å². The van der Waals surface area contributed by atoms with Gasteiger partial charge in [-0.1, -0.05) is 0 Å². The van der Waals surface area contributed by atoms with E-state index in [2.05, 4.69) is 10.3 Å². The lowest BCUT2D eigenvalue weighted by molar-refractivity contribution is -0.120. The number of nitrogens with two attached hydrogens (primary N) is 1. The summed E-state index contributed by atoms with van der Waals surface area (Å²) in [6.45, 7) is 0.0204. The molecule has 0 aromatic carbocycles. The summed E-state index contributed by atoms with van der Waals surface area (Å²) in [5.41, 5.74) is 1.23. The van der Waals surface area contributed by atoms with Gasteiger partial charge in [-0.05, 0) is 19.0 Å². The fourth-order valence-corrected chi connectivity index (χ4v) is 2.19. The fraction of sp³-hybridized carbons (Fsp3) is 0.500. The summed E-state index contributed by atoms with van der Waals surface area (Å²) in [4.78, 5) is 15.0. The summed E-state index contributed by atoms with van der Waals surface area (Å²) in [6.07, 6.45) is -10.7. The zero-order valence-corrected chi connectivity index (χ0v) is 11.0. The van der Waals surface area contributed by atoms with Crippen LogP contribution in [0.25, 0.3) is 0 Å². The number of amides is 1. The van der Waals surface area contributed by atoms with Gasteiger partial charge in [0.05, 0.1) is 17.0 Å². The highest BCUT2D eigenvalue weighted by atomic mass is 19.4. The van der Waals surface area contributed by atoms with Crippen LogP contribution < -0.4 is 11.1 Å². The Morgan fingerprint density at radius 1 is 1.23 bits per heavy atom. The predicted octanol–water partition coefficient (Wildman–Crippen LogP) is 1.98. The Balaban J connectivity index is 2.55. The van der Waals surface area contributed by atoms with Gasteiger partial charge in [-0.2, -0.15) is 26.3 Å². The van der Waals surface area contributed by atoms with Crippen molar-refractivity contribution in [3.63, 3.8) is 0 Å². The van der Waals surface area contributed by atoms with Crippen LogP contribution in [0.2, 0.25) is 0 Å². The minimum absolute atomic E-state index is 0.0204. The average Bonchev–Trinajstić information content (AvgIpc) is 2.36. The van der Waals surface area contributed by atoms with Gasteiger partial charge in [-0.3, -0.25) is 4.79 Å². The molecule has 0 aromatic rings. The first-order valence-electron chi connectivity index (χ1n) is 6.21. The lowest BCUT2D eigenvalue weighted by atomic mass is 9.91. The molecule has 122 valence electrons. The molecule has 0 unspecified atom stereocenters. The summed E-state index contributed by atoms with van der Waals surface area (Å²) in [5, 5.41) is 2.32. The number of nitrogens with zero attached hydrogens (tertiary/aromatic N) is 1. The molecule has 2 aliphatic rings. The standard InChI is InChI=1S/C12H11F6N3O/c13-11(14,15)5-3-6(12(16,17)18)9-8(4-5)21-10(22)7(20-9)1-2-19/h3,7,20H,1-2,4,19H2/t7-/m0/s1. The minimum Gasteiger partial charge on any atom is -0.372 e. The fourth-order valence-electron chi connectivity index (χ4n) is 2.19. The summed E-state index contributed by atoms with van der Waals surface area (Å²) in [7, 11) is 0. The van der Waals surface area contributed by atoms with Crippen molar-refractivity contribution in [3.05, 3.63) is 22.9 Å². The number of fused-ring (bicyclic) bond motifs is 1. The molecule has 0 saturated heterocycles. The molecule has 0 fully saturated rings. The third-order valence-corrected chi connectivity index (χ3v) is 3.22. The molecule has 1 amide bonds. The van der Waals surface area contributed by atoms with Gasteiger partial charge in [-0.25, -0.2) is 4.99 Å².